The van der Waals surface area contributed by atoms with Crippen LogP contribution in [0.25, 0.3) is 0 Å². The molecule has 2 rings (SSSR count). The van der Waals surface area contributed by atoms with Crippen molar-refractivity contribution in [2.75, 3.05) is 32.3 Å². The quantitative estimate of drug-likeness (QED) is 0.800. The summed E-state index contributed by atoms with van der Waals surface area (Å²) in [6.45, 7) is 1.36. The molecule has 96 valence electrons. The van der Waals surface area contributed by atoms with Crippen molar-refractivity contribution in [3.63, 3.8) is 0 Å². The molecule has 0 bridgehead atoms. The van der Waals surface area contributed by atoms with E-state index in [9.17, 15) is 0 Å². The maximum atomic E-state index is 9.14. The van der Waals surface area contributed by atoms with Crippen LogP contribution in [0.1, 0.15) is 12.0 Å². The minimum Gasteiger partial charge on any atom is -0.383 e. The second kappa shape index (κ2) is 5.80. The van der Waals surface area contributed by atoms with Gasteiger partial charge in [0, 0.05) is 27.0 Å². The predicted octanol–water partition coefficient (Wildman–Crippen LogP) is 1.19. The second-order valence-electron chi connectivity index (χ2n) is 4.34. The Kier molecular flexibility index (Phi) is 4.13. The Balaban J connectivity index is 2.27. The Hall–Kier alpha value is -1.64. The number of methoxy groups -OCH3 is 2. The highest BCUT2D eigenvalue weighted by atomic mass is 16.5. The summed E-state index contributed by atoms with van der Waals surface area (Å²) in [5.41, 5.74) is 0.593. The number of nitriles is 1. The predicted molar refractivity (Wildman–Crippen MR) is 67.4 cm³/mol. The van der Waals surface area contributed by atoms with E-state index in [2.05, 4.69) is 16.0 Å². The van der Waals surface area contributed by atoms with Crippen molar-refractivity contribution in [1.29, 1.82) is 5.26 Å². The van der Waals surface area contributed by atoms with E-state index >= 15 is 0 Å². The van der Waals surface area contributed by atoms with Crippen molar-refractivity contribution in [3.8, 4) is 6.07 Å². The van der Waals surface area contributed by atoms with Gasteiger partial charge in [-0.05, 0) is 18.6 Å². The molecule has 0 aliphatic carbocycles. The zero-order chi connectivity index (χ0) is 13.0. The number of hydrogen-bond donors (Lipinski definition) is 0. The molecule has 0 aromatic carbocycles. The van der Waals surface area contributed by atoms with Gasteiger partial charge in [-0.15, -0.1) is 0 Å². The number of rotatable bonds is 4. The summed E-state index contributed by atoms with van der Waals surface area (Å²) in [6.07, 6.45) is 2.77. The van der Waals surface area contributed by atoms with Crippen LogP contribution in [-0.2, 0) is 9.47 Å². The van der Waals surface area contributed by atoms with Crippen LogP contribution in [0.2, 0.25) is 0 Å². The number of hydrogen-bond acceptors (Lipinski definition) is 5. The summed E-state index contributed by atoms with van der Waals surface area (Å²) in [5.74, 6) is 0.724. The van der Waals surface area contributed by atoms with Gasteiger partial charge in [0.15, 0.2) is 0 Å². The Bertz CT molecular complexity index is 444. The van der Waals surface area contributed by atoms with Crippen LogP contribution in [0.4, 0.5) is 5.82 Å². The minimum absolute atomic E-state index is 0.165. The van der Waals surface area contributed by atoms with Crippen LogP contribution in [0, 0.1) is 11.3 Å². The number of pyridine rings is 1. The van der Waals surface area contributed by atoms with Crippen LogP contribution in [0.5, 0.6) is 0 Å². The number of nitrogens with zero attached hydrogens (tertiary/aromatic N) is 3. The molecule has 0 N–H and O–H groups in total. The summed E-state index contributed by atoms with van der Waals surface area (Å²) in [7, 11) is 3.39. The molecule has 0 spiro atoms. The zero-order valence-corrected chi connectivity index (χ0v) is 10.7. The van der Waals surface area contributed by atoms with Crippen molar-refractivity contribution < 1.29 is 9.47 Å². The van der Waals surface area contributed by atoms with Crippen molar-refractivity contribution in [2.24, 2.45) is 0 Å². The van der Waals surface area contributed by atoms with Gasteiger partial charge >= 0.3 is 0 Å². The Morgan fingerprint density at radius 3 is 3.06 bits per heavy atom. The van der Waals surface area contributed by atoms with Crippen LogP contribution >= 0.6 is 0 Å². The van der Waals surface area contributed by atoms with Crippen molar-refractivity contribution in [3.05, 3.63) is 23.9 Å². The maximum absolute atomic E-state index is 9.14. The SMILES string of the molecule is COC[C@@H]1C[C@H](OC)CN1c1ncccc1C#N. The standard InChI is InChI=1S/C13H17N3O2/c1-17-9-11-6-12(18-2)8-16(11)13-10(7-14)4-3-5-15-13/h3-5,11-12H,6,8-9H2,1-2H3/t11-,12-/m0/s1. The van der Waals surface area contributed by atoms with E-state index in [4.69, 9.17) is 14.7 Å². The van der Waals surface area contributed by atoms with Crippen molar-refractivity contribution in [2.45, 2.75) is 18.6 Å². The van der Waals surface area contributed by atoms with Crippen LogP contribution in [0.15, 0.2) is 18.3 Å². The van der Waals surface area contributed by atoms with E-state index in [1.807, 2.05) is 0 Å². The van der Waals surface area contributed by atoms with E-state index in [1.165, 1.54) is 0 Å². The maximum Gasteiger partial charge on any atom is 0.146 e. The molecule has 5 nitrogen and oxygen atoms in total. The molecule has 18 heavy (non-hydrogen) atoms. The lowest BCUT2D eigenvalue weighted by atomic mass is 10.2. The van der Waals surface area contributed by atoms with Gasteiger partial charge in [0.05, 0.1) is 24.3 Å². The summed E-state index contributed by atoms with van der Waals surface area (Å²) in [5, 5.41) is 9.14. The normalized spacial score (nSPS) is 23.1. The molecule has 1 aliphatic heterocycles. The van der Waals surface area contributed by atoms with Gasteiger partial charge in [0.2, 0.25) is 0 Å². The van der Waals surface area contributed by atoms with Gasteiger partial charge in [-0.3, -0.25) is 0 Å². The highest BCUT2D eigenvalue weighted by Gasteiger charge is 2.33. The third-order valence-corrected chi connectivity index (χ3v) is 3.25. The minimum atomic E-state index is 0.165. The fourth-order valence-corrected chi connectivity index (χ4v) is 2.37. The lowest BCUT2D eigenvalue weighted by Crippen LogP contribution is -2.34. The molecule has 2 heterocycles. The topological polar surface area (TPSA) is 58.4 Å². The van der Waals surface area contributed by atoms with Crippen molar-refractivity contribution in [1.82, 2.24) is 4.98 Å². The third kappa shape index (κ3) is 2.45. The smallest absolute Gasteiger partial charge is 0.146 e. The highest BCUT2D eigenvalue weighted by molar-refractivity contribution is 5.55. The first-order chi connectivity index (χ1) is 8.80. The molecule has 1 aromatic heterocycles. The van der Waals surface area contributed by atoms with Gasteiger partial charge in [-0.1, -0.05) is 0 Å². The van der Waals surface area contributed by atoms with E-state index in [0.29, 0.717) is 12.2 Å². The van der Waals surface area contributed by atoms with E-state index in [1.54, 1.807) is 32.5 Å². The lowest BCUT2D eigenvalue weighted by Gasteiger charge is -2.25. The van der Waals surface area contributed by atoms with Gasteiger partial charge in [0.25, 0.3) is 0 Å². The summed E-state index contributed by atoms with van der Waals surface area (Å²) < 4.78 is 10.6. The lowest BCUT2D eigenvalue weighted by molar-refractivity contribution is 0.111. The molecule has 1 aromatic rings. The summed E-state index contributed by atoms with van der Waals surface area (Å²) in [6, 6.07) is 5.95. The molecule has 0 saturated carbocycles. The van der Waals surface area contributed by atoms with Gasteiger partial charge in [0.1, 0.15) is 11.9 Å². The summed E-state index contributed by atoms with van der Waals surface area (Å²) >= 11 is 0. The van der Waals surface area contributed by atoms with Crippen molar-refractivity contribution >= 4 is 5.82 Å². The largest absolute Gasteiger partial charge is 0.383 e. The van der Waals surface area contributed by atoms with Gasteiger partial charge in [-0.2, -0.15) is 5.26 Å². The number of anilines is 1. The Morgan fingerprint density at radius 1 is 1.56 bits per heavy atom. The first-order valence-electron chi connectivity index (χ1n) is 5.93. The fourth-order valence-electron chi connectivity index (χ4n) is 2.37. The first-order valence-corrected chi connectivity index (χ1v) is 5.93. The highest BCUT2D eigenvalue weighted by Crippen LogP contribution is 2.27. The molecule has 2 atom stereocenters. The molecule has 5 heteroatoms. The van der Waals surface area contributed by atoms with E-state index in [0.717, 1.165) is 18.8 Å². The van der Waals surface area contributed by atoms with Gasteiger partial charge in [-0.25, -0.2) is 4.98 Å². The second-order valence-corrected chi connectivity index (χ2v) is 4.34. The molecule has 0 amide bonds. The average Bonchev–Trinajstić information content (AvgIpc) is 2.82. The average molecular weight is 247 g/mol. The monoisotopic (exact) mass is 247 g/mol. The molecule has 0 unspecified atom stereocenters. The third-order valence-electron chi connectivity index (χ3n) is 3.25. The first kappa shape index (κ1) is 12.8. The Labute approximate surface area is 107 Å². The van der Waals surface area contributed by atoms with E-state index < -0.39 is 0 Å². The molecule has 1 saturated heterocycles. The van der Waals surface area contributed by atoms with E-state index in [-0.39, 0.29) is 12.1 Å². The van der Waals surface area contributed by atoms with Gasteiger partial charge < -0.3 is 14.4 Å². The zero-order valence-electron chi connectivity index (χ0n) is 10.7. The molecule has 0 radical (unpaired) electrons. The number of aromatic nitrogens is 1. The van der Waals surface area contributed by atoms with Crippen LogP contribution in [-0.4, -0.2) is 44.5 Å². The Morgan fingerprint density at radius 2 is 2.39 bits per heavy atom. The molecule has 1 aliphatic rings. The molecular weight excluding hydrogens is 230 g/mol. The van der Waals surface area contributed by atoms with Crippen LogP contribution in [0.3, 0.4) is 0 Å². The number of ether oxygens (including phenoxy) is 2. The molecular formula is C13H17N3O2. The summed E-state index contributed by atoms with van der Waals surface area (Å²) in [4.78, 5) is 6.43. The molecule has 1 fully saturated rings. The van der Waals surface area contributed by atoms with Crippen LogP contribution < -0.4 is 4.90 Å². The fraction of sp³-hybridized carbons (Fsp3) is 0.538.